The highest BCUT2D eigenvalue weighted by atomic mass is 35.5. The Bertz CT molecular complexity index is 799. The topological polar surface area (TPSA) is 55.1 Å². The summed E-state index contributed by atoms with van der Waals surface area (Å²) in [5.41, 5.74) is 2.02. The van der Waals surface area contributed by atoms with E-state index in [-0.39, 0.29) is 5.92 Å². The molecular formula is C17H15ClN4O. The number of hydrogen-bond acceptors (Lipinski definition) is 5. The van der Waals surface area contributed by atoms with Crippen LogP contribution in [-0.2, 0) is 6.54 Å². The molecule has 0 bridgehead atoms. The van der Waals surface area contributed by atoms with Crippen LogP contribution >= 0.6 is 11.6 Å². The van der Waals surface area contributed by atoms with Gasteiger partial charge in [-0.05, 0) is 23.8 Å². The molecule has 0 atom stereocenters. The van der Waals surface area contributed by atoms with E-state index in [9.17, 15) is 0 Å². The minimum atomic E-state index is 0.287. The van der Waals surface area contributed by atoms with E-state index in [1.54, 1.807) is 12.4 Å². The van der Waals surface area contributed by atoms with E-state index in [1.807, 2.05) is 30.3 Å². The van der Waals surface area contributed by atoms with Gasteiger partial charge in [-0.2, -0.15) is 4.98 Å². The van der Waals surface area contributed by atoms with E-state index in [2.05, 4.69) is 26.1 Å². The predicted octanol–water partition coefficient (Wildman–Crippen LogP) is 3.38. The van der Waals surface area contributed by atoms with Gasteiger partial charge in [-0.3, -0.25) is 9.88 Å². The van der Waals surface area contributed by atoms with Crippen molar-refractivity contribution in [2.75, 3.05) is 13.1 Å². The van der Waals surface area contributed by atoms with Crippen LogP contribution < -0.4 is 0 Å². The lowest BCUT2D eigenvalue weighted by molar-refractivity contribution is 0.117. The van der Waals surface area contributed by atoms with Crippen molar-refractivity contribution >= 4 is 11.6 Å². The zero-order valence-electron chi connectivity index (χ0n) is 12.4. The largest absolute Gasteiger partial charge is 0.339 e. The first-order valence-electron chi connectivity index (χ1n) is 7.49. The Morgan fingerprint density at radius 1 is 1.17 bits per heavy atom. The molecule has 1 aliphatic heterocycles. The number of nitrogens with zero attached hydrogens (tertiary/aromatic N) is 4. The van der Waals surface area contributed by atoms with Gasteiger partial charge in [0.25, 0.3) is 0 Å². The second-order valence-electron chi connectivity index (χ2n) is 5.68. The summed E-state index contributed by atoms with van der Waals surface area (Å²) in [4.78, 5) is 10.9. The summed E-state index contributed by atoms with van der Waals surface area (Å²) >= 11 is 6.20. The van der Waals surface area contributed by atoms with Gasteiger partial charge in [0.1, 0.15) is 0 Å². The predicted molar refractivity (Wildman–Crippen MR) is 87.0 cm³/mol. The second kappa shape index (κ2) is 6.10. The fourth-order valence-electron chi connectivity index (χ4n) is 2.74. The van der Waals surface area contributed by atoms with E-state index >= 15 is 0 Å². The fourth-order valence-corrected chi connectivity index (χ4v) is 2.93. The molecule has 116 valence electrons. The first-order chi connectivity index (χ1) is 11.3. The standard InChI is InChI=1S/C17H15ClN4O/c18-15-6-2-1-4-13(15)9-22-10-14(11-22)17-20-16(21-23-17)12-5-3-7-19-8-12/h1-8,14H,9-11H2. The molecule has 1 fully saturated rings. The third-order valence-corrected chi connectivity index (χ3v) is 4.39. The number of halogens is 1. The summed E-state index contributed by atoms with van der Waals surface area (Å²) in [5, 5.41) is 4.86. The van der Waals surface area contributed by atoms with Gasteiger partial charge in [-0.25, -0.2) is 0 Å². The average Bonchev–Trinajstić information content (AvgIpc) is 3.02. The molecule has 0 unspecified atom stereocenters. The monoisotopic (exact) mass is 326 g/mol. The van der Waals surface area contributed by atoms with Crippen LogP contribution in [0.5, 0.6) is 0 Å². The third kappa shape index (κ3) is 2.98. The van der Waals surface area contributed by atoms with Gasteiger partial charge in [0, 0.05) is 42.6 Å². The molecule has 5 nitrogen and oxygen atoms in total. The van der Waals surface area contributed by atoms with Gasteiger partial charge in [0.15, 0.2) is 0 Å². The molecule has 3 heterocycles. The quantitative estimate of drug-likeness (QED) is 0.735. The van der Waals surface area contributed by atoms with E-state index in [4.69, 9.17) is 16.1 Å². The molecule has 0 amide bonds. The van der Waals surface area contributed by atoms with E-state index in [1.165, 1.54) is 0 Å². The Morgan fingerprint density at radius 2 is 2.04 bits per heavy atom. The Labute approximate surface area is 138 Å². The number of pyridine rings is 1. The minimum absolute atomic E-state index is 0.287. The summed E-state index contributed by atoms with van der Waals surface area (Å²) in [6.45, 7) is 2.65. The van der Waals surface area contributed by atoms with Gasteiger partial charge in [0.2, 0.25) is 11.7 Å². The van der Waals surface area contributed by atoms with Crippen molar-refractivity contribution in [1.29, 1.82) is 0 Å². The normalized spacial score (nSPS) is 15.5. The molecule has 1 aromatic carbocycles. The highest BCUT2D eigenvalue weighted by Gasteiger charge is 2.32. The lowest BCUT2D eigenvalue weighted by Crippen LogP contribution is -2.44. The molecule has 0 saturated carbocycles. The highest BCUT2D eigenvalue weighted by Crippen LogP contribution is 2.29. The molecule has 2 aromatic heterocycles. The molecule has 0 radical (unpaired) electrons. The van der Waals surface area contributed by atoms with Gasteiger partial charge >= 0.3 is 0 Å². The highest BCUT2D eigenvalue weighted by molar-refractivity contribution is 6.31. The number of likely N-dealkylation sites (tertiary alicyclic amines) is 1. The van der Waals surface area contributed by atoms with Crippen molar-refractivity contribution in [2.45, 2.75) is 12.5 Å². The molecule has 3 aromatic rings. The summed E-state index contributed by atoms with van der Waals surface area (Å²) < 4.78 is 5.40. The fraction of sp³-hybridized carbons (Fsp3) is 0.235. The molecule has 1 saturated heterocycles. The van der Waals surface area contributed by atoms with Crippen LogP contribution in [0.15, 0.2) is 53.3 Å². The molecular weight excluding hydrogens is 312 g/mol. The van der Waals surface area contributed by atoms with Crippen LogP contribution in [0.3, 0.4) is 0 Å². The van der Waals surface area contributed by atoms with Crippen molar-refractivity contribution < 1.29 is 4.52 Å². The molecule has 0 spiro atoms. The Hall–Kier alpha value is -2.24. The van der Waals surface area contributed by atoms with Gasteiger partial charge in [-0.1, -0.05) is 35.0 Å². The Morgan fingerprint density at radius 3 is 2.83 bits per heavy atom. The molecule has 4 rings (SSSR count). The first-order valence-corrected chi connectivity index (χ1v) is 7.87. The van der Waals surface area contributed by atoms with E-state index in [0.29, 0.717) is 11.7 Å². The van der Waals surface area contributed by atoms with Crippen LogP contribution in [0.1, 0.15) is 17.4 Å². The van der Waals surface area contributed by atoms with Crippen molar-refractivity contribution in [1.82, 2.24) is 20.0 Å². The number of rotatable bonds is 4. The summed E-state index contributed by atoms with van der Waals surface area (Å²) in [5.74, 6) is 1.58. The third-order valence-electron chi connectivity index (χ3n) is 4.02. The van der Waals surface area contributed by atoms with Crippen LogP contribution in [0.2, 0.25) is 5.02 Å². The molecule has 1 aliphatic rings. The lowest BCUT2D eigenvalue weighted by Gasteiger charge is -2.37. The SMILES string of the molecule is Clc1ccccc1CN1CC(c2nc(-c3cccnc3)no2)C1. The molecule has 0 aliphatic carbocycles. The van der Waals surface area contributed by atoms with Crippen molar-refractivity contribution in [3.8, 4) is 11.4 Å². The summed E-state index contributed by atoms with van der Waals surface area (Å²) in [6.07, 6.45) is 3.46. The number of benzene rings is 1. The van der Waals surface area contributed by atoms with Crippen LogP contribution in [-0.4, -0.2) is 33.1 Å². The maximum absolute atomic E-state index is 6.20. The summed E-state index contributed by atoms with van der Waals surface area (Å²) in [7, 11) is 0. The van der Waals surface area contributed by atoms with Gasteiger partial charge in [-0.15, -0.1) is 0 Å². The zero-order valence-corrected chi connectivity index (χ0v) is 13.1. The summed E-state index contributed by atoms with van der Waals surface area (Å²) in [6, 6.07) is 11.7. The van der Waals surface area contributed by atoms with Crippen molar-refractivity contribution in [3.05, 3.63) is 65.3 Å². The van der Waals surface area contributed by atoms with Crippen LogP contribution in [0.4, 0.5) is 0 Å². The lowest BCUT2D eigenvalue weighted by atomic mass is 9.99. The van der Waals surface area contributed by atoms with Crippen LogP contribution in [0, 0.1) is 0 Å². The van der Waals surface area contributed by atoms with E-state index < -0.39 is 0 Å². The Kier molecular flexibility index (Phi) is 3.81. The number of hydrogen-bond donors (Lipinski definition) is 0. The zero-order chi connectivity index (χ0) is 15.6. The van der Waals surface area contributed by atoms with Crippen molar-refractivity contribution in [2.24, 2.45) is 0 Å². The second-order valence-corrected chi connectivity index (χ2v) is 6.09. The molecule has 6 heteroatoms. The minimum Gasteiger partial charge on any atom is -0.339 e. The Balaban J connectivity index is 1.39. The maximum Gasteiger partial charge on any atom is 0.232 e. The first kappa shape index (κ1) is 14.4. The van der Waals surface area contributed by atoms with E-state index in [0.717, 1.165) is 35.8 Å². The number of aromatic nitrogens is 3. The smallest absolute Gasteiger partial charge is 0.232 e. The van der Waals surface area contributed by atoms with Crippen molar-refractivity contribution in [3.63, 3.8) is 0 Å². The van der Waals surface area contributed by atoms with Crippen LogP contribution in [0.25, 0.3) is 11.4 Å². The molecule has 0 N–H and O–H groups in total. The maximum atomic E-state index is 6.20. The average molecular weight is 327 g/mol. The van der Waals surface area contributed by atoms with Gasteiger partial charge in [0.05, 0.1) is 5.92 Å². The van der Waals surface area contributed by atoms with Gasteiger partial charge < -0.3 is 4.52 Å². The molecule has 23 heavy (non-hydrogen) atoms.